The molecule has 1 unspecified atom stereocenters. The Hall–Kier alpha value is -1.56. The van der Waals surface area contributed by atoms with Gasteiger partial charge in [-0.25, -0.2) is 4.99 Å². The van der Waals surface area contributed by atoms with Gasteiger partial charge >= 0.3 is 0 Å². The quantitative estimate of drug-likeness (QED) is 0.592. The van der Waals surface area contributed by atoms with Crippen LogP contribution in [0.25, 0.3) is 0 Å². The molecule has 1 saturated heterocycles. The van der Waals surface area contributed by atoms with Gasteiger partial charge in [-0.15, -0.1) is 0 Å². The lowest BCUT2D eigenvalue weighted by Gasteiger charge is -2.16. The zero-order chi connectivity index (χ0) is 16.9. The van der Waals surface area contributed by atoms with Crippen LogP contribution in [-0.4, -0.2) is 48.2 Å². The van der Waals surface area contributed by atoms with Crippen molar-refractivity contribution < 1.29 is 4.52 Å². The Balaban J connectivity index is 1.47. The molecular weight excluding hydrogens is 302 g/mol. The van der Waals surface area contributed by atoms with Gasteiger partial charge in [0.1, 0.15) is 6.54 Å². The van der Waals surface area contributed by atoms with Crippen LogP contribution < -0.4 is 10.6 Å². The minimum absolute atomic E-state index is 0.384. The first-order valence-corrected chi connectivity index (χ1v) is 9.37. The normalized spacial score (nSPS) is 22.3. The van der Waals surface area contributed by atoms with E-state index in [1.807, 2.05) is 6.07 Å². The minimum Gasteiger partial charge on any atom is -0.359 e. The van der Waals surface area contributed by atoms with Crippen molar-refractivity contribution in [2.45, 2.75) is 58.5 Å². The Bertz CT molecular complexity index is 549. The zero-order valence-electron chi connectivity index (χ0n) is 15.2. The molecule has 1 atom stereocenters. The zero-order valence-corrected chi connectivity index (χ0v) is 15.2. The molecule has 1 aromatic rings. The Labute approximate surface area is 145 Å². The molecule has 2 N–H and O–H groups in total. The summed E-state index contributed by atoms with van der Waals surface area (Å²) in [6.45, 7) is 11.2. The molecule has 24 heavy (non-hydrogen) atoms. The second kappa shape index (κ2) is 8.01. The molecule has 3 rings (SSSR count). The summed E-state index contributed by atoms with van der Waals surface area (Å²) >= 11 is 0. The van der Waals surface area contributed by atoms with Crippen LogP contribution in [0.15, 0.2) is 15.6 Å². The molecule has 1 aliphatic heterocycles. The highest BCUT2D eigenvalue weighted by Gasteiger charge is 2.34. The van der Waals surface area contributed by atoms with Gasteiger partial charge in [-0.05, 0) is 44.6 Å². The van der Waals surface area contributed by atoms with E-state index in [9.17, 15) is 0 Å². The lowest BCUT2D eigenvalue weighted by atomic mass is 10.1. The third-order valence-electron chi connectivity index (χ3n) is 4.84. The summed E-state index contributed by atoms with van der Waals surface area (Å²) in [6.07, 6.45) is 4.10. The summed E-state index contributed by atoms with van der Waals surface area (Å²) < 4.78 is 5.36. The van der Waals surface area contributed by atoms with Crippen LogP contribution >= 0.6 is 0 Å². The van der Waals surface area contributed by atoms with Crippen LogP contribution in [-0.2, 0) is 6.54 Å². The van der Waals surface area contributed by atoms with Crippen molar-refractivity contribution in [2.75, 3.05) is 26.2 Å². The highest BCUT2D eigenvalue weighted by Crippen LogP contribution is 2.31. The topological polar surface area (TPSA) is 65.7 Å². The predicted octanol–water partition coefficient (Wildman–Crippen LogP) is 2.34. The second-order valence-electron chi connectivity index (χ2n) is 7.33. The van der Waals surface area contributed by atoms with Gasteiger partial charge < -0.3 is 20.1 Å². The molecule has 134 valence electrons. The Morgan fingerprint density at radius 1 is 1.38 bits per heavy atom. The van der Waals surface area contributed by atoms with Crippen molar-refractivity contribution >= 4 is 5.96 Å². The maximum atomic E-state index is 5.36. The van der Waals surface area contributed by atoms with Gasteiger partial charge in [0.05, 0.1) is 5.69 Å². The summed E-state index contributed by atoms with van der Waals surface area (Å²) in [6, 6.07) is 2.89. The molecule has 1 aliphatic carbocycles. The van der Waals surface area contributed by atoms with E-state index >= 15 is 0 Å². The smallest absolute Gasteiger partial charge is 0.191 e. The molecule has 2 fully saturated rings. The SMILES string of the molecule is CCNC(=NCc1cc(C(C)C)no1)NCC1CCN(C2CC2)C1. The highest BCUT2D eigenvalue weighted by atomic mass is 16.5. The van der Waals surface area contributed by atoms with Gasteiger partial charge in [-0.2, -0.15) is 0 Å². The number of nitrogens with zero attached hydrogens (tertiary/aromatic N) is 3. The molecule has 0 bridgehead atoms. The molecule has 6 heteroatoms. The fourth-order valence-corrected chi connectivity index (χ4v) is 3.22. The first-order valence-electron chi connectivity index (χ1n) is 9.37. The Morgan fingerprint density at radius 2 is 2.21 bits per heavy atom. The lowest BCUT2D eigenvalue weighted by molar-refractivity contribution is 0.314. The maximum absolute atomic E-state index is 5.36. The summed E-state index contributed by atoms with van der Waals surface area (Å²) in [5.74, 6) is 2.79. The third-order valence-corrected chi connectivity index (χ3v) is 4.84. The number of hydrogen-bond acceptors (Lipinski definition) is 4. The number of rotatable bonds is 7. The van der Waals surface area contributed by atoms with Crippen molar-refractivity contribution in [3.63, 3.8) is 0 Å². The van der Waals surface area contributed by atoms with E-state index < -0.39 is 0 Å². The highest BCUT2D eigenvalue weighted by molar-refractivity contribution is 5.79. The standard InChI is InChI=1S/C18H31N5O/c1-4-19-18(21-11-16-9-17(13(2)3)22-24-16)20-10-14-7-8-23(12-14)15-5-6-15/h9,13-15H,4-8,10-12H2,1-3H3,(H2,19,20,21). The van der Waals surface area contributed by atoms with E-state index in [0.29, 0.717) is 12.5 Å². The summed E-state index contributed by atoms with van der Waals surface area (Å²) in [5, 5.41) is 10.9. The molecule has 0 spiro atoms. The fraction of sp³-hybridized carbons (Fsp3) is 0.778. The number of aromatic nitrogens is 1. The number of nitrogens with one attached hydrogen (secondary N) is 2. The van der Waals surface area contributed by atoms with Gasteiger partial charge in [0.15, 0.2) is 11.7 Å². The maximum Gasteiger partial charge on any atom is 0.191 e. The van der Waals surface area contributed by atoms with E-state index in [2.05, 4.69) is 46.5 Å². The van der Waals surface area contributed by atoms with Gasteiger partial charge in [-0.1, -0.05) is 19.0 Å². The van der Waals surface area contributed by atoms with E-state index in [4.69, 9.17) is 4.52 Å². The van der Waals surface area contributed by atoms with Gasteiger partial charge in [0.2, 0.25) is 0 Å². The molecule has 1 saturated carbocycles. The summed E-state index contributed by atoms with van der Waals surface area (Å²) in [5.41, 5.74) is 0.990. The van der Waals surface area contributed by atoms with E-state index in [-0.39, 0.29) is 0 Å². The van der Waals surface area contributed by atoms with Crippen molar-refractivity contribution in [2.24, 2.45) is 10.9 Å². The molecule has 1 aromatic heterocycles. The fourth-order valence-electron chi connectivity index (χ4n) is 3.22. The second-order valence-corrected chi connectivity index (χ2v) is 7.33. The van der Waals surface area contributed by atoms with Gasteiger partial charge in [-0.3, -0.25) is 0 Å². The molecule has 6 nitrogen and oxygen atoms in total. The molecular formula is C18H31N5O. The Morgan fingerprint density at radius 3 is 2.88 bits per heavy atom. The lowest BCUT2D eigenvalue weighted by Crippen LogP contribution is -2.40. The van der Waals surface area contributed by atoms with Crippen LogP contribution in [0.5, 0.6) is 0 Å². The van der Waals surface area contributed by atoms with Crippen molar-refractivity contribution in [3.05, 3.63) is 17.5 Å². The van der Waals surface area contributed by atoms with E-state index in [1.165, 1.54) is 32.4 Å². The van der Waals surface area contributed by atoms with E-state index in [0.717, 1.165) is 42.5 Å². The third kappa shape index (κ3) is 4.72. The average molecular weight is 333 g/mol. The molecule has 0 radical (unpaired) electrons. The van der Waals surface area contributed by atoms with Crippen molar-refractivity contribution in [3.8, 4) is 0 Å². The first-order chi connectivity index (χ1) is 11.7. The number of likely N-dealkylation sites (tertiary alicyclic amines) is 1. The molecule has 0 aromatic carbocycles. The van der Waals surface area contributed by atoms with E-state index in [1.54, 1.807) is 0 Å². The van der Waals surface area contributed by atoms with Crippen LogP contribution in [0.4, 0.5) is 0 Å². The minimum atomic E-state index is 0.384. The van der Waals surface area contributed by atoms with Crippen LogP contribution in [0, 0.1) is 5.92 Å². The average Bonchev–Trinajstić information content (AvgIpc) is 3.12. The van der Waals surface area contributed by atoms with Gasteiger partial charge in [0.25, 0.3) is 0 Å². The van der Waals surface area contributed by atoms with Crippen LogP contribution in [0.3, 0.4) is 0 Å². The molecule has 2 heterocycles. The number of aliphatic imine (C=N–C) groups is 1. The van der Waals surface area contributed by atoms with Crippen molar-refractivity contribution in [1.29, 1.82) is 0 Å². The molecule has 0 amide bonds. The number of hydrogen-bond donors (Lipinski definition) is 2. The summed E-state index contributed by atoms with van der Waals surface area (Å²) in [4.78, 5) is 7.28. The first kappa shape index (κ1) is 17.3. The van der Waals surface area contributed by atoms with Gasteiger partial charge in [0, 0.05) is 31.7 Å². The molecule has 2 aliphatic rings. The number of guanidine groups is 1. The van der Waals surface area contributed by atoms with Crippen LogP contribution in [0.1, 0.15) is 57.4 Å². The summed E-state index contributed by atoms with van der Waals surface area (Å²) in [7, 11) is 0. The Kier molecular flexibility index (Phi) is 5.76. The van der Waals surface area contributed by atoms with Crippen molar-refractivity contribution in [1.82, 2.24) is 20.7 Å². The van der Waals surface area contributed by atoms with Crippen LogP contribution in [0.2, 0.25) is 0 Å². The predicted molar refractivity (Wildman–Crippen MR) is 96.1 cm³/mol. The largest absolute Gasteiger partial charge is 0.359 e. The monoisotopic (exact) mass is 333 g/mol.